The number of nitrogens with zero attached hydrogens (tertiary/aromatic N) is 1. The van der Waals surface area contributed by atoms with Crippen LogP contribution in [0.1, 0.15) is 6.92 Å². The van der Waals surface area contributed by atoms with Gasteiger partial charge in [-0.3, -0.25) is 14.3 Å². The largest absolute Gasteiger partial charge is 0.382 e. The van der Waals surface area contributed by atoms with Crippen molar-refractivity contribution in [1.82, 2.24) is 0 Å². The second-order valence-electron chi connectivity index (χ2n) is 3.57. The van der Waals surface area contributed by atoms with Crippen molar-refractivity contribution < 1.29 is 9.13 Å². The number of hydrogen-bond acceptors (Lipinski definition) is 5. The van der Waals surface area contributed by atoms with Crippen molar-refractivity contribution in [2.75, 3.05) is 35.7 Å². The molecule has 18 heavy (non-hydrogen) atoms. The summed E-state index contributed by atoms with van der Waals surface area (Å²) in [4.78, 5) is 10.6. The molecule has 0 aliphatic heterocycles. The molecule has 1 rings (SSSR count). The minimum Gasteiger partial charge on any atom is -0.382 e. The summed E-state index contributed by atoms with van der Waals surface area (Å²) >= 11 is 0. The predicted molar refractivity (Wildman–Crippen MR) is 74.7 cm³/mol. The van der Waals surface area contributed by atoms with E-state index in [0.717, 1.165) is 0 Å². The van der Waals surface area contributed by atoms with E-state index in [9.17, 15) is 14.3 Å². The Balaban J connectivity index is 2.82. The van der Waals surface area contributed by atoms with Crippen LogP contribution in [0.25, 0.3) is 0 Å². The van der Waals surface area contributed by atoms with E-state index in [4.69, 9.17) is 0 Å². The Labute approximate surface area is 108 Å². The van der Waals surface area contributed by atoms with Crippen LogP contribution in [0.3, 0.4) is 0 Å². The molecule has 1 aromatic carbocycles. The summed E-state index contributed by atoms with van der Waals surface area (Å²) in [5.74, 6) is 1.08. The van der Waals surface area contributed by atoms with Crippen LogP contribution < -0.4 is 10.6 Å². The first-order valence-corrected chi connectivity index (χ1v) is 7.13. The van der Waals surface area contributed by atoms with Gasteiger partial charge in [-0.1, -0.05) is 13.0 Å². The molecule has 0 saturated heterocycles. The maximum absolute atomic E-state index is 11.3. The molecule has 100 valence electrons. The van der Waals surface area contributed by atoms with E-state index >= 15 is 0 Å². The third kappa shape index (κ3) is 3.69. The Morgan fingerprint density at radius 1 is 1.39 bits per heavy atom. The molecule has 6 nitrogen and oxygen atoms in total. The van der Waals surface area contributed by atoms with Crippen LogP contribution in [0.5, 0.6) is 0 Å². The van der Waals surface area contributed by atoms with E-state index in [1.807, 2.05) is 6.92 Å². The van der Waals surface area contributed by atoms with Gasteiger partial charge < -0.3 is 10.6 Å². The fourth-order valence-corrected chi connectivity index (χ4v) is 2.15. The monoisotopic (exact) mass is 271 g/mol. The van der Waals surface area contributed by atoms with Gasteiger partial charge in [0.25, 0.3) is 0 Å². The van der Waals surface area contributed by atoms with E-state index in [1.54, 1.807) is 25.2 Å². The van der Waals surface area contributed by atoms with Gasteiger partial charge in [-0.15, -0.1) is 0 Å². The number of benzene rings is 1. The highest BCUT2D eigenvalue weighted by Crippen LogP contribution is 2.32. The zero-order valence-electron chi connectivity index (χ0n) is 10.4. The summed E-state index contributed by atoms with van der Waals surface area (Å²) in [7, 11) is 0.764. The lowest BCUT2D eigenvalue weighted by Crippen LogP contribution is -2.13. The first-order valence-electron chi connectivity index (χ1n) is 5.64. The molecule has 0 spiro atoms. The van der Waals surface area contributed by atoms with E-state index in [0.29, 0.717) is 29.4 Å². The molecule has 0 aliphatic carbocycles. The topological polar surface area (TPSA) is 84.3 Å². The number of para-hydroxylation sites is 1. The second kappa shape index (κ2) is 6.95. The fourth-order valence-electron chi connectivity index (χ4n) is 1.53. The molecule has 1 atom stereocenters. The Morgan fingerprint density at radius 3 is 2.61 bits per heavy atom. The maximum atomic E-state index is 11.3. The normalized spacial score (nSPS) is 11.9. The second-order valence-corrected chi connectivity index (χ2v) is 5.43. The van der Waals surface area contributed by atoms with Gasteiger partial charge in [0.15, 0.2) is 0 Å². The lowest BCUT2D eigenvalue weighted by molar-refractivity contribution is -0.383. The average molecular weight is 271 g/mol. The molecule has 0 saturated carbocycles. The SMILES string of the molecule is CCS(=O)CCNc1cccc(NC)c1[N+](=O)[O-]. The van der Waals surface area contributed by atoms with E-state index in [2.05, 4.69) is 10.6 Å². The molecule has 1 aromatic rings. The molecule has 0 heterocycles. The quantitative estimate of drug-likeness (QED) is 0.583. The Morgan fingerprint density at radius 2 is 2.06 bits per heavy atom. The average Bonchev–Trinajstić information content (AvgIpc) is 2.37. The summed E-state index contributed by atoms with van der Waals surface area (Å²) in [6.45, 7) is 2.30. The van der Waals surface area contributed by atoms with Gasteiger partial charge in [-0.2, -0.15) is 0 Å². The molecule has 0 aliphatic rings. The van der Waals surface area contributed by atoms with E-state index in [1.165, 1.54) is 0 Å². The fraction of sp³-hybridized carbons (Fsp3) is 0.455. The highest BCUT2D eigenvalue weighted by Gasteiger charge is 2.18. The maximum Gasteiger partial charge on any atom is 0.315 e. The Hall–Kier alpha value is -1.63. The first kappa shape index (κ1) is 14.4. The van der Waals surface area contributed by atoms with E-state index < -0.39 is 15.7 Å². The van der Waals surface area contributed by atoms with Gasteiger partial charge in [0.05, 0.1) is 4.92 Å². The summed E-state index contributed by atoms with van der Waals surface area (Å²) in [5, 5.41) is 16.8. The predicted octanol–water partition coefficient (Wildman–Crippen LogP) is 1.82. The molecule has 0 fully saturated rings. The van der Waals surface area contributed by atoms with Gasteiger partial charge in [0.2, 0.25) is 0 Å². The van der Waals surface area contributed by atoms with Crippen molar-refractivity contribution in [2.45, 2.75) is 6.92 Å². The van der Waals surface area contributed by atoms with E-state index in [-0.39, 0.29) is 5.69 Å². The van der Waals surface area contributed by atoms with Crippen molar-refractivity contribution in [3.05, 3.63) is 28.3 Å². The lowest BCUT2D eigenvalue weighted by atomic mass is 10.2. The first-order chi connectivity index (χ1) is 8.60. The molecule has 7 heteroatoms. The van der Waals surface area contributed by atoms with Gasteiger partial charge in [0.1, 0.15) is 11.4 Å². The minimum atomic E-state index is -0.873. The van der Waals surface area contributed by atoms with Crippen molar-refractivity contribution in [3.8, 4) is 0 Å². The molecule has 1 unspecified atom stereocenters. The molecular weight excluding hydrogens is 254 g/mol. The number of hydrogen-bond donors (Lipinski definition) is 2. The van der Waals surface area contributed by atoms with Crippen molar-refractivity contribution in [2.24, 2.45) is 0 Å². The van der Waals surface area contributed by atoms with Gasteiger partial charge >= 0.3 is 5.69 Å². The summed E-state index contributed by atoms with van der Waals surface area (Å²) in [6, 6.07) is 5.03. The van der Waals surface area contributed by atoms with Crippen LogP contribution in [0.15, 0.2) is 18.2 Å². The highest BCUT2D eigenvalue weighted by molar-refractivity contribution is 7.84. The smallest absolute Gasteiger partial charge is 0.315 e. The number of nitro groups is 1. The standard InChI is InChI=1S/C11H17N3O3S/c1-3-18(17)8-7-13-10-6-4-5-9(12-2)11(10)14(15)16/h4-6,12-13H,3,7-8H2,1-2H3. The van der Waals surface area contributed by atoms with Crippen LogP contribution in [0, 0.1) is 10.1 Å². The van der Waals surface area contributed by atoms with Gasteiger partial charge in [0, 0.05) is 35.9 Å². The summed E-state index contributed by atoms with van der Waals surface area (Å²) < 4.78 is 11.3. The number of nitro benzene ring substituents is 1. The zero-order chi connectivity index (χ0) is 13.5. The minimum absolute atomic E-state index is 0.0160. The summed E-state index contributed by atoms with van der Waals surface area (Å²) in [6.07, 6.45) is 0. The van der Waals surface area contributed by atoms with Crippen LogP contribution in [0.2, 0.25) is 0 Å². The lowest BCUT2D eigenvalue weighted by Gasteiger charge is -2.09. The highest BCUT2D eigenvalue weighted by atomic mass is 32.2. The third-order valence-electron chi connectivity index (χ3n) is 2.46. The Bertz CT molecular complexity index is 451. The molecule has 0 amide bonds. The molecule has 0 bridgehead atoms. The zero-order valence-corrected chi connectivity index (χ0v) is 11.3. The van der Waals surface area contributed by atoms with Gasteiger partial charge in [-0.25, -0.2) is 0 Å². The third-order valence-corrected chi connectivity index (χ3v) is 3.76. The number of rotatable bonds is 7. The van der Waals surface area contributed by atoms with Crippen molar-refractivity contribution in [3.63, 3.8) is 0 Å². The Kier molecular flexibility index (Phi) is 5.57. The summed E-state index contributed by atoms with van der Waals surface area (Å²) in [5.41, 5.74) is 0.920. The molecule has 0 radical (unpaired) electrons. The molecular formula is C11H17N3O3S. The van der Waals surface area contributed by atoms with Crippen molar-refractivity contribution in [1.29, 1.82) is 0 Å². The molecule has 2 N–H and O–H groups in total. The van der Waals surface area contributed by atoms with Crippen LogP contribution in [0.4, 0.5) is 17.1 Å². The van der Waals surface area contributed by atoms with Crippen LogP contribution >= 0.6 is 0 Å². The molecule has 0 aromatic heterocycles. The van der Waals surface area contributed by atoms with Gasteiger partial charge in [-0.05, 0) is 12.1 Å². The van der Waals surface area contributed by atoms with Crippen molar-refractivity contribution >= 4 is 27.9 Å². The number of anilines is 2. The number of nitrogens with one attached hydrogen (secondary N) is 2. The van der Waals surface area contributed by atoms with Crippen LogP contribution in [-0.4, -0.2) is 34.2 Å². The van der Waals surface area contributed by atoms with Crippen LogP contribution in [-0.2, 0) is 10.8 Å².